The van der Waals surface area contributed by atoms with Crippen LogP contribution in [-0.4, -0.2) is 73.1 Å². The van der Waals surface area contributed by atoms with Crippen molar-refractivity contribution in [3.63, 3.8) is 0 Å². The van der Waals surface area contributed by atoms with Gasteiger partial charge in [0.15, 0.2) is 0 Å². The highest BCUT2D eigenvalue weighted by Crippen LogP contribution is 2.35. The van der Waals surface area contributed by atoms with Crippen LogP contribution in [0.3, 0.4) is 0 Å². The van der Waals surface area contributed by atoms with Crippen molar-refractivity contribution in [2.24, 2.45) is 11.8 Å². The van der Waals surface area contributed by atoms with Crippen molar-refractivity contribution in [3.05, 3.63) is 65.9 Å². The smallest absolute Gasteiger partial charge is 0.127 e. The van der Waals surface area contributed by atoms with Crippen LogP contribution in [-0.2, 0) is 0 Å². The van der Waals surface area contributed by atoms with Gasteiger partial charge in [-0.3, -0.25) is 4.98 Å². The van der Waals surface area contributed by atoms with Gasteiger partial charge in [-0.15, -0.1) is 11.8 Å². The van der Waals surface area contributed by atoms with Gasteiger partial charge in [-0.25, -0.2) is 8.78 Å². The predicted octanol–water partition coefficient (Wildman–Crippen LogP) is 5.63. The average molecular weight is 530 g/mol. The van der Waals surface area contributed by atoms with Gasteiger partial charge in [0.25, 0.3) is 0 Å². The zero-order chi connectivity index (χ0) is 26.4. The number of thioether (sulfide) groups is 1. The number of nitrogens with zero attached hydrogens (tertiary/aromatic N) is 3. The molecule has 3 atom stereocenters. The van der Waals surface area contributed by atoms with E-state index in [9.17, 15) is 13.9 Å². The molecule has 0 aliphatic carbocycles. The summed E-state index contributed by atoms with van der Waals surface area (Å²) in [5.74, 6) is 1.18. The molecule has 3 aromatic rings. The molecule has 37 heavy (non-hydrogen) atoms. The molecule has 0 spiro atoms. The number of methoxy groups -OCH3 is 1. The lowest BCUT2D eigenvalue weighted by Gasteiger charge is -2.39. The first-order chi connectivity index (χ1) is 17.9. The SMILES string of the molecule is COc1ccc2nccc([C@@H](CC[C@@H]3CCN(CCSc4cc(F)cc(F)c4)C[C@@H]3CO)N(C)C)c2c1. The molecule has 1 saturated heterocycles. The largest absolute Gasteiger partial charge is 0.497 e. The van der Waals surface area contributed by atoms with E-state index in [1.807, 2.05) is 18.3 Å². The lowest BCUT2D eigenvalue weighted by atomic mass is 9.81. The third-order valence-corrected chi connectivity index (χ3v) is 8.45. The minimum absolute atomic E-state index is 0.172. The first-order valence-electron chi connectivity index (χ1n) is 12.9. The highest BCUT2D eigenvalue weighted by molar-refractivity contribution is 7.99. The molecule has 1 N–H and O–H groups in total. The number of pyridine rings is 1. The summed E-state index contributed by atoms with van der Waals surface area (Å²) >= 11 is 1.47. The predicted molar refractivity (Wildman–Crippen MR) is 146 cm³/mol. The molecule has 0 saturated carbocycles. The summed E-state index contributed by atoms with van der Waals surface area (Å²) < 4.78 is 32.4. The lowest BCUT2D eigenvalue weighted by Crippen LogP contribution is -2.43. The van der Waals surface area contributed by atoms with Crippen molar-refractivity contribution >= 4 is 22.7 Å². The molecule has 0 unspecified atom stereocenters. The fourth-order valence-corrected chi connectivity index (χ4v) is 6.46. The van der Waals surface area contributed by atoms with E-state index in [2.05, 4.69) is 41.0 Å². The Morgan fingerprint density at radius 3 is 2.62 bits per heavy atom. The van der Waals surface area contributed by atoms with Crippen LogP contribution >= 0.6 is 11.8 Å². The van der Waals surface area contributed by atoms with E-state index in [-0.39, 0.29) is 18.6 Å². The van der Waals surface area contributed by atoms with Gasteiger partial charge in [-0.2, -0.15) is 0 Å². The molecule has 0 amide bonds. The Balaban J connectivity index is 1.35. The molecule has 8 heteroatoms. The second-order valence-corrected chi connectivity index (χ2v) is 11.3. The summed E-state index contributed by atoms with van der Waals surface area (Å²) in [4.78, 5) is 9.79. The molecule has 1 aromatic heterocycles. The molecule has 4 rings (SSSR count). The highest BCUT2D eigenvalue weighted by Gasteiger charge is 2.30. The van der Waals surface area contributed by atoms with Gasteiger partial charge in [-0.05, 0) is 93.7 Å². The van der Waals surface area contributed by atoms with Crippen LogP contribution in [0.5, 0.6) is 5.75 Å². The molecule has 5 nitrogen and oxygen atoms in total. The van der Waals surface area contributed by atoms with Crippen molar-refractivity contribution < 1.29 is 18.6 Å². The van der Waals surface area contributed by atoms with E-state index in [0.29, 0.717) is 10.8 Å². The van der Waals surface area contributed by atoms with E-state index in [1.165, 1.54) is 29.5 Å². The molecule has 2 aromatic carbocycles. The number of piperidine rings is 1. The number of hydrogen-bond donors (Lipinski definition) is 1. The summed E-state index contributed by atoms with van der Waals surface area (Å²) in [5.41, 5.74) is 2.21. The van der Waals surface area contributed by atoms with Gasteiger partial charge < -0.3 is 19.6 Å². The number of aromatic nitrogens is 1. The molecule has 0 bridgehead atoms. The first-order valence-corrected chi connectivity index (χ1v) is 13.9. The van der Waals surface area contributed by atoms with Crippen LogP contribution in [0.25, 0.3) is 10.9 Å². The third-order valence-electron chi connectivity index (χ3n) is 7.50. The number of benzene rings is 2. The number of hydrogen-bond acceptors (Lipinski definition) is 6. The topological polar surface area (TPSA) is 48.8 Å². The second-order valence-electron chi connectivity index (χ2n) is 10.1. The molecule has 1 fully saturated rings. The number of likely N-dealkylation sites (tertiary alicyclic amines) is 1. The molecular formula is C29H37F2N3O2S. The number of halogens is 2. The summed E-state index contributed by atoms with van der Waals surface area (Å²) in [5, 5.41) is 11.3. The van der Waals surface area contributed by atoms with Crippen LogP contribution in [0.1, 0.15) is 30.9 Å². The monoisotopic (exact) mass is 529 g/mol. The zero-order valence-electron chi connectivity index (χ0n) is 21.9. The van der Waals surface area contributed by atoms with E-state index in [1.54, 1.807) is 7.11 Å². The Kier molecular flexibility index (Phi) is 9.76. The van der Waals surface area contributed by atoms with E-state index < -0.39 is 11.6 Å². The molecular weight excluding hydrogens is 492 g/mol. The van der Waals surface area contributed by atoms with Crippen molar-refractivity contribution in [3.8, 4) is 5.75 Å². The maximum atomic E-state index is 13.4. The van der Waals surface area contributed by atoms with E-state index in [0.717, 1.165) is 67.4 Å². The zero-order valence-corrected chi connectivity index (χ0v) is 22.7. The fraction of sp³-hybridized carbons (Fsp3) is 0.483. The number of ether oxygens (including phenoxy) is 1. The van der Waals surface area contributed by atoms with Gasteiger partial charge in [0.2, 0.25) is 0 Å². The summed E-state index contributed by atoms with van der Waals surface area (Å²) in [7, 11) is 5.92. The molecule has 200 valence electrons. The molecule has 1 aliphatic heterocycles. The summed E-state index contributed by atoms with van der Waals surface area (Å²) in [6.07, 6.45) is 4.94. The van der Waals surface area contributed by atoms with E-state index >= 15 is 0 Å². The number of aliphatic hydroxyl groups excluding tert-OH is 1. The standard InChI is InChI=1S/C29H37F2N3O2S/c1-33(2)29(26-8-10-32-28-6-5-24(36-3)17-27(26)28)7-4-20-9-11-34(18-21(20)19-35)12-13-37-25-15-22(30)14-23(31)16-25/h5-6,8,10,14-17,20-21,29,35H,4,7,9,11-13,18-19H2,1-3H3/t20-,21-,29-/m1/s1. The van der Waals surface area contributed by atoms with Crippen molar-refractivity contribution in [2.45, 2.75) is 30.2 Å². The van der Waals surface area contributed by atoms with Gasteiger partial charge in [0.05, 0.1) is 12.6 Å². The van der Waals surface area contributed by atoms with Crippen LogP contribution in [0.4, 0.5) is 8.78 Å². The Morgan fingerprint density at radius 2 is 1.92 bits per heavy atom. The quantitative estimate of drug-likeness (QED) is 0.325. The molecule has 0 radical (unpaired) electrons. The normalized spacial score (nSPS) is 19.4. The minimum atomic E-state index is -0.543. The van der Waals surface area contributed by atoms with Crippen molar-refractivity contribution in [1.82, 2.24) is 14.8 Å². The lowest BCUT2D eigenvalue weighted by molar-refractivity contribution is 0.0671. The number of rotatable bonds is 11. The van der Waals surface area contributed by atoms with Gasteiger partial charge in [-0.1, -0.05) is 0 Å². The Bertz CT molecular complexity index is 1160. The Hall–Kier alpha value is -2.26. The maximum absolute atomic E-state index is 13.4. The minimum Gasteiger partial charge on any atom is -0.497 e. The molecule has 1 aliphatic rings. The van der Waals surface area contributed by atoms with Crippen LogP contribution in [0.15, 0.2) is 53.6 Å². The number of aliphatic hydroxyl groups is 1. The Morgan fingerprint density at radius 1 is 1.14 bits per heavy atom. The average Bonchev–Trinajstić information content (AvgIpc) is 2.88. The van der Waals surface area contributed by atoms with Crippen LogP contribution in [0, 0.1) is 23.5 Å². The van der Waals surface area contributed by atoms with Gasteiger partial charge in [0, 0.05) is 54.0 Å². The second kappa shape index (κ2) is 13.0. The van der Waals surface area contributed by atoms with Crippen molar-refractivity contribution in [1.29, 1.82) is 0 Å². The van der Waals surface area contributed by atoms with Crippen LogP contribution < -0.4 is 4.74 Å². The summed E-state index contributed by atoms with van der Waals surface area (Å²) in [6, 6.07) is 12.0. The van der Waals surface area contributed by atoms with Crippen LogP contribution in [0.2, 0.25) is 0 Å². The van der Waals surface area contributed by atoms with Gasteiger partial charge in [0.1, 0.15) is 17.4 Å². The fourth-order valence-electron chi connectivity index (χ4n) is 5.48. The van der Waals surface area contributed by atoms with Gasteiger partial charge >= 0.3 is 0 Å². The Labute approximate surface area is 222 Å². The van der Waals surface area contributed by atoms with Crippen molar-refractivity contribution in [2.75, 3.05) is 53.2 Å². The maximum Gasteiger partial charge on any atom is 0.127 e. The van der Waals surface area contributed by atoms with E-state index in [4.69, 9.17) is 4.74 Å². The third kappa shape index (κ3) is 7.19. The summed E-state index contributed by atoms with van der Waals surface area (Å²) in [6.45, 7) is 2.82. The molecule has 2 heterocycles. The number of fused-ring (bicyclic) bond motifs is 1. The highest BCUT2D eigenvalue weighted by atomic mass is 32.2. The first kappa shape index (κ1) is 27.8.